The molecule has 2 rings (SSSR count). The van der Waals surface area contributed by atoms with Crippen molar-refractivity contribution in [2.24, 2.45) is 5.41 Å². The number of aliphatic hydroxyl groups excluding tert-OH is 1. The molecule has 2 aliphatic carbocycles. The summed E-state index contributed by atoms with van der Waals surface area (Å²) in [4.78, 5) is 2.60. The Labute approximate surface area is 120 Å². The van der Waals surface area contributed by atoms with E-state index in [-0.39, 0.29) is 0 Å². The summed E-state index contributed by atoms with van der Waals surface area (Å²) in [5, 5.41) is 10.5. The van der Waals surface area contributed by atoms with Crippen LogP contribution in [-0.2, 0) is 0 Å². The predicted octanol–water partition coefficient (Wildman–Crippen LogP) is 3.57. The fourth-order valence-corrected chi connectivity index (χ4v) is 4.59. The topological polar surface area (TPSA) is 23.5 Å². The lowest BCUT2D eigenvalue weighted by Gasteiger charge is -2.40. The third kappa shape index (κ3) is 3.71. The Morgan fingerprint density at radius 1 is 1.06 bits per heavy atom. The monoisotopic (exact) mass is 317 g/mol. The first-order valence-corrected chi connectivity index (χ1v) is 8.83. The van der Waals surface area contributed by atoms with E-state index in [0.717, 1.165) is 17.9 Å². The zero-order chi connectivity index (χ0) is 12.8. The molecule has 3 heteroatoms. The zero-order valence-electron chi connectivity index (χ0n) is 11.5. The summed E-state index contributed by atoms with van der Waals surface area (Å²) in [5.74, 6) is 0. The molecule has 0 aromatic heterocycles. The van der Waals surface area contributed by atoms with Gasteiger partial charge < -0.3 is 5.11 Å². The molecule has 2 aliphatic rings. The van der Waals surface area contributed by atoms with Crippen LogP contribution < -0.4 is 0 Å². The van der Waals surface area contributed by atoms with E-state index in [4.69, 9.17) is 0 Å². The Bertz CT molecular complexity index is 235. The van der Waals surface area contributed by atoms with Crippen molar-refractivity contribution < 1.29 is 5.11 Å². The van der Waals surface area contributed by atoms with E-state index in [1.54, 1.807) is 0 Å². The van der Waals surface area contributed by atoms with Gasteiger partial charge in [-0.3, -0.25) is 4.90 Å². The summed E-state index contributed by atoms with van der Waals surface area (Å²) in [6, 6.07) is 0.738. The molecule has 18 heavy (non-hydrogen) atoms. The third-order valence-electron chi connectivity index (χ3n) is 4.96. The van der Waals surface area contributed by atoms with Gasteiger partial charge in [0.2, 0.25) is 0 Å². The average Bonchev–Trinajstić information content (AvgIpc) is 2.89. The van der Waals surface area contributed by atoms with Gasteiger partial charge in [0.25, 0.3) is 0 Å². The van der Waals surface area contributed by atoms with Crippen LogP contribution >= 0.6 is 15.9 Å². The van der Waals surface area contributed by atoms with Gasteiger partial charge in [-0.2, -0.15) is 0 Å². The van der Waals surface area contributed by atoms with E-state index in [9.17, 15) is 5.11 Å². The van der Waals surface area contributed by atoms with Crippen LogP contribution in [0.15, 0.2) is 0 Å². The van der Waals surface area contributed by atoms with Crippen molar-refractivity contribution in [1.29, 1.82) is 0 Å². The van der Waals surface area contributed by atoms with Crippen LogP contribution in [0.25, 0.3) is 0 Å². The van der Waals surface area contributed by atoms with Crippen LogP contribution in [0.3, 0.4) is 0 Å². The number of rotatable bonds is 6. The Kier molecular flexibility index (Phi) is 5.96. The highest BCUT2D eigenvalue weighted by atomic mass is 79.9. The second kappa shape index (κ2) is 7.25. The molecule has 0 aromatic rings. The maximum Gasteiger partial charge on any atom is 0.0558 e. The lowest BCUT2D eigenvalue weighted by Crippen LogP contribution is -2.45. The highest BCUT2D eigenvalue weighted by Crippen LogP contribution is 2.41. The van der Waals surface area contributed by atoms with Crippen molar-refractivity contribution in [2.75, 3.05) is 25.0 Å². The number of hydrogen-bond donors (Lipinski definition) is 1. The molecule has 2 fully saturated rings. The highest BCUT2D eigenvalue weighted by Gasteiger charge is 2.36. The molecular formula is C15H28BrNO. The Morgan fingerprint density at radius 3 is 2.28 bits per heavy atom. The van der Waals surface area contributed by atoms with Crippen molar-refractivity contribution in [3.63, 3.8) is 0 Å². The molecular weight excluding hydrogens is 290 g/mol. The summed E-state index contributed by atoms with van der Waals surface area (Å²) in [5.41, 5.74) is 0.493. The molecule has 2 saturated carbocycles. The molecule has 0 amide bonds. The normalized spacial score (nSPS) is 24.8. The molecule has 1 N–H and O–H groups in total. The third-order valence-corrected chi connectivity index (χ3v) is 6.15. The molecule has 2 nitrogen and oxygen atoms in total. The van der Waals surface area contributed by atoms with Gasteiger partial charge >= 0.3 is 0 Å². The molecule has 0 spiro atoms. The van der Waals surface area contributed by atoms with Gasteiger partial charge in [0.1, 0.15) is 0 Å². The Morgan fingerprint density at radius 2 is 1.72 bits per heavy atom. The van der Waals surface area contributed by atoms with Gasteiger partial charge in [0.15, 0.2) is 0 Å². The van der Waals surface area contributed by atoms with E-state index in [0.29, 0.717) is 12.0 Å². The van der Waals surface area contributed by atoms with Crippen LogP contribution in [0.2, 0.25) is 0 Å². The van der Waals surface area contributed by atoms with Gasteiger partial charge in [0.05, 0.1) is 6.61 Å². The average molecular weight is 318 g/mol. The quantitative estimate of drug-likeness (QED) is 0.757. The second-order valence-electron chi connectivity index (χ2n) is 6.33. The molecule has 0 bridgehead atoms. The lowest BCUT2D eigenvalue weighted by atomic mass is 9.86. The minimum atomic E-state index is 0.314. The first kappa shape index (κ1) is 14.8. The van der Waals surface area contributed by atoms with Crippen molar-refractivity contribution >= 4 is 15.9 Å². The Balaban J connectivity index is 1.95. The fraction of sp³-hybridized carbons (Fsp3) is 1.00. The second-order valence-corrected chi connectivity index (χ2v) is 6.89. The van der Waals surface area contributed by atoms with Crippen LogP contribution in [0.4, 0.5) is 0 Å². The van der Waals surface area contributed by atoms with Crippen molar-refractivity contribution in [1.82, 2.24) is 4.90 Å². The molecule has 0 heterocycles. The highest BCUT2D eigenvalue weighted by molar-refractivity contribution is 9.09. The zero-order valence-corrected chi connectivity index (χ0v) is 13.1. The maximum atomic E-state index is 9.34. The first-order chi connectivity index (χ1) is 8.79. The predicted molar refractivity (Wildman–Crippen MR) is 80.2 cm³/mol. The number of alkyl halides is 1. The van der Waals surface area contributed by atoms with E-state index in [2.05, 4.69) is 20.8 Å². The molecule has 0 saturated heterocycles. The van der Waals surface area contributed by atoms with Crippen LogP contribution in [0.5, 0.6) is 0 Å². The van der Waals surface area contributed by atoms with Gasteiger partial charge in [-0.05, 0) is 31.1 Å². The lowest BCUT2D eigenvalue weighted by molar-refractivity contribution is 0.0808. The number of aliphatic hydroxyl groups is 1. The fourth-order valence-electron chi connectivity index (χ4n) is 3.86. The van der Waals surface area contributed by atoms with Crippen LogP contribution in [0, 0.1) is 5.41 Å². The summed E-state index contributed by atoms with van der Waals surface area (Å²) in [7, 11) is 0. The van der Waals surface area contributed by atoms with Crippen LogP contribution in [-0.4, -0.2) is 41.1 Å². The van der Waals surface area contributed by atoms with Gasteiger partial charge in [0, 0.05) is 24.5 Å². The van der Waals surface area contributed by atoms with E-state index in [1.807, 2.05) is 0 Å². The molecule has 0 aromatic carbocycles. The Hall–Kier alpha value is 0.400. The van der Waals surface area contributed by atoms with Gasteiger partial charge in [-0.1, -0.05) is 48.0 Å². The molecule has 106 valence electrons. The minimum Gasteiger partial charge on any atom is -0.395 e. The molecule has 0 radical (unpaired) electrons. The number of hydrogen-bond acceptors (Lipinski definition) is 2. The van der Waals surface area contributed by atoms with E-state index >= 15 is 0 Å². The summed E-state index contributed by atoms with van der Waals surface area (Å²) in [6.07, 6.45) is 12.4. The summed E-state index contributed by atoms with van der Waals surface area (Å²) >= 11 is 3.75. The molecule has 0 atom stereocenters. The SMILES string of the molecule is OCCN(CC1(CBr)CCCC1)C1CCCCC1. The number of nitrogens with zero attached hydrogens (tertiary/aromatic N) is 1. The van der Waals surface area contributed by atoms with Crippen LogP contribution in [0.1, 0.15) is 57.8 Å². The van der Waals surface area contributed by atoms with Crippen molar-refractivity contribution in [3.05, 3.63) is 0 Å². The molecule has 0 aliphatic heterocycles. The summed E-state index contributed by atoms with van der Waals surface area (Å²) in [6.45, 7) is 2.39. The first-order valence-electron chi connectivity index (χ1n) is 7.70. The van der Waals surface area contributed by atoms with Gasteiger partial charge in [-0.25, -0.2) is 0 Å². The number of halogens is 1. The maximum absolute atomic E-state index is 9.34. The molecule has 0 unspecified atom stereocenters. The van der Waals surface area contributed by atoms with Crippen molar-refractivity contribution in [3.8, 4) is 0 Å². The standard InChI is InChI=1S/C15H28BrNO/c16-12-15(8-4-5-9-15)13-17(10-11-18)14-6-2-1-3-7-14/h14,18H,1-13H2. The van der Waals surface area contributed by atoms with Gasteiger partial charge in [-0.15, -0.1) is 0 Å². The minimum absolute atomic E-state index is 0.314. The smallest absolute Gasteiger partial charge is 0.0558 e. The van der Waals surface area contributed by atoms with E-state index in [1.165, 1.54) is 64.3 Å². The van der Waals surface area contributed by atoms with E-state index < -0.39 is 0 Å². The summed E-state index contributed by atoms with van der Waals surface area (Å²) < 4.78 is 0. The largest absolute Gasteiger partial charge is 0.395 e. The van der Waals surface area contributed by atoms with Crippen molar-refractivity contribution in [2.45, 2.75) is 63.8 Å².